The number of carbonyl (C=O) groups excluding carboxylic acids is 1. The number of rotatable bonds is 7. The van der Waals surface area contributed by atoms with Gasteiger partial charge in [-0.05, 0) is 54.8 Å². The maximum absolute atomic E-state index is 14.0. The summed E-state index contributed by atoms with van der Waals surface area (Å²) < 4.78 is 21.5. The third kappa shape index (κ3) is 5.41. The van der Waals surface area contributed by atoms with Crippen molar-refractivity contribution < 1.29 is 13.9 Å². The second-order valence-electron chi connectivity index (χ2n) is 7.76. The van der Waals surface area contributed by atoms with Crippen LogP contribution >= 0.6 is 11.6 Å². The van der Waals surface area contributed by atoms with Crippen molar-refractivity contribution in [1.82, 2.24) is 9.78 Å². The molecule has 0 fully saturated rings. The Hall–Kier alpha value is -3.64. The summed E-state index contributed by atoms with van der Waals surface area (Å²) in [5.74, 6) is 0.568. The highest BCUT2D eigenvalue weighted by Crippen LogP contribution is 2.24. The lowest BCUT2D eigenvalue weighted by atomic mass is 10.1. The summed E-state index contributed by atoms with van der Waals surface area (Å²) in [5, 5.41) is 7.38. The second-order valence-corrected chi connectivity index (χ2v) is 8.17. The van der Waals surface area contributed by atoms with Gasteiger partial charge in [0, 0.05) is 28.4 Å². The number of aryl methyl sites for hydroxylation is 2. The molecule has 0 radical (unpaired) electrons. The number of nitrogens with one attached hydrogen (secondary N) is 1. The van der Waals surface area contributed by atoms with Crippen molar-refractivity contribution in [2.75, 3.05) is 5.32 Å². The summed E-state index contributed by atoms with van der Waals surface area (Å²) in [7, 11) is 0. The van der Waals surface area contributed by atoms with Gasteiger partial charge in [0.15, 0.2) is 5.82 Å². The average molecular weight is 464 g/mol. The fourth-order valence-corrected chi connectivity index (χ4v) is 3.71. The Morgan fingerprint density at radius 3 is 2.42 bits per heavy atom. The van der Waals surface area contributed by atoms with Gasteiger partial charge in [0.25, 0.3) is 5.91 Å². The standard InChI is InChI=1S/C26H23ClFN3O2/c1-17-5-3-6-18(2)25(17)33-16-19-9-11-20(12-10-19)26(32)29-24-13-14-31(30-24)15-21-22(27)7-4-8-23(21)28/h3-14H,15-16H2,1-2H3,(H,29,30,32). The van der Waals surface area contributed by atoms with Crippen LogP contribution in [0.4, 0.5) is 10.2 Å². The van der Waals surface area contributed by atoms with Crippen LogP contribution in [-0.4, -0.2) is 15.7 Å². The molecule has 0 aliphatic heterocycles. The third-order valence-corrected chi connectivity index (χ3v) is 5.63. The molecular formula is C26H23ClFN3O2. The predicted octanol–water partition coefficient (Wildman–Crippen LogP) is 6.17. The van der Waals surface area contributed by atoms with E-state index in [0.717, 1.165) is 22.4 Å². The number of aromatic nitrogens is 2. The van der Waals surface area contributed by atoms with Crippen LogP contribution in [0.1, 0.15) is 32.6 Å². The fourth-order valence-electron chi connectivity index (χ4n) is 3.48. The summed E-state index contributed by atoms with van der Waals surface area (Å²) in [6.07, 6.45) is 1.66. The first-order valence-electron chi connectivity index (χ1n) is 10.5. The molecule has 1 aromatic heterocycles. The van der Waals surface area contributed by atoms with Crippen molar-refractivity contribution in [1.29, 1.82) is 0 Å². The molecule has 1 N–H and O–H groups in total. The minimum Gasteiger partial charge on any atom is -0.488 e. The third-order valence-electron chi connectivity index (χ3n) is 5.27. The number of anilines is 1. The smallest absolute Gasteiger partial charge is 0.256 e. The SMILES string of the molecule is Cc1cccc(C)c1OCc1ccc(C(=O)Nc2ccn(Cc3c(F)cccc3Cl)n2)cc1. The summed E-state index contributed by atoms with van der Waals surface area (Å²) in [4.78, 5) is 12.6. The number of hydrogen-bond acceptors (Lipinski definition) is 3. The van der Waals surface area contributed by atoms with Crippen molar-refractivity contribution in [2.45, 2.75) is 27.0 Å². The molecule has 4 aromatic rings. The van der Waals surface area contributed by atoms with Crippen LogP contribution < -0.4 is 10.1 Å². The highest BCUT2D eigenvalue weighted by atomic mass is 35.5. The van der Waals surface area contributed by atoms with Crippen LogP contribution in [0.2, 0.25) is 5.02 Å². The monoisotopic (exact) mass is 463 g/mol. The van der Waals surface area contributed by atoms with Crippen molar-refractivity contribution in [3.05, 3.63) is 112 Å². The van der Waals surface area contributed by atoms with Gasteiger partial charge in [0.05, 0.1) is 6.54 Å². The summed E-state index contributed by atoms with van der Waals surface area (Å²) >= 11 is 6.08. The molecule has 0 aliphatic carbocycles. The Labute approximate surface area is 196 Å². The largest absolute Gasteiger partial charge is 0.488 e. The molecule has 0 unspecified atom stereocenters. The molecule has 168 valence electrons. The molecule has 0 bridgehead atoms. The molecule has 4 rings (SSSR count). The maximum atomic E-state index is 14.0. The van der Waals surface area contributed by atoms with E-state index in [4.69, 9.17) is 16.3 Å². The lowest BCUT2D eigenvalue weighted by molar-refractivity contribution is 0.102. The molecule has 3 aromatic carbocycles. The summed E-state index contributed by atoms with van der Waals surface area (Å²) in [5.41, 5.74) is 3.97. The number of carbonyl (C=O) groups is 1. The Morgan fingerprint density at radius 1 is 1.03 bits per heavy atom. The molecule has 1 amide bonds. The maximum Gasteiger partial charge on any atom is 0.256 e. The van der Waals surface area contributed by atoms with Gasteiger partial charge >= 0.3 is 0 Å². The molecule has 0 saturated heterocycles. The predicted molar refractivity (Wildman–Crippen MR) is 127 cm³/mol. The summed E-state index contributed by atoms with van der Waals surface area (Å²) in [6, 6.07) is 19.4. The molecule has 0 aliphatic rings. The van der Waals surface area contributed by atoms with E-state index in [0.29, 0.717) is 28.6 Å². The number of nitrogens with zero attached hydrogens (tertiary/aromatic N) is 2. The topological polar surface area (TPSA) is 56.1 Å². The van der Waals surface area contributed by atoms with E-state index in [1.54, 1.807) is 36.5 Å². The van der Waals surface area contributed by atoms with Gasteiger partial charge in [-0.3, -0.25) is 9.48 Å². The Bertz CT molecular complexity index is 1240. The molecule has 5 nitrogen and oxygen atoms in total. The molecule has 1 heterocycles. The van der Waals surface area contributed by atoms with Gasteiger partial charge in [-0.15, -0.1) is 0 Å². The Kier molecular flexibility index (Phi) is 6.75. The van der Waals surface area contributed by atoms with Crippen LogP contribution in [0.3, 0.4) is 0 Å². The zero-order valence-electron chi connectivity index (χ0n) is 18.3. The van der Waals surface area contributed by atoms with Gasteiger partial charge in [0.2, 0.25) is 0 Å². The van der Waals surface area contributed by atoms with E-state index in [1.165, 1.54) is 10.7 Å². The van der Waals surface area contributed by atoms with Crippen LogP contribution in [0.5, 0.6) is 5.75 Å². The van der Waals surface area contributed by atoms with Crippen molar-refractivity contribution in [3.63, 3.8) is 0 Å². The Morgan fingerprint density at radius 2 is 1.73 bits per heavy atom. The molecular weight excluding hydrogens is 441 g/mol. The molecule has 7 heteroatoms. The summed E-state index contributed by atoms with van der Waals surface area (Å²) in [6.45, 7) is 4.61. The quantitative estimate of drug-likeness (QED) is 0.356. The molecule has 0 atom stereocenters. The second kappa shape index (κ2) is 9.88. The highest BCUT2D eigenvalue weighted by Gasteiger charge is 2.11. The first kappa shape index (κ1) is 22.6. The zero-order chi connectivity index (χ0) is 23.4. The number of ether oxygens (including phenoxy) is 1. The first-order valence-corrected chi connectivity index (χ1v) is 10.8. The fraction of sp³-hybridized carbons (Fsp3) is 0.154. The van der Waals surface area contributed by atoms with Crippen molar-refractivity contribution in [2.24, 2.45) is 0 Å². The minimum atomic E-state index is -0.398. The van der Waals surface area contributed by atoms with Crippen molar-refractivity contribution >= 4 is 23.3 Å². The number of amides is 1. The first-order chi connectivity index (χ1) is 15.9. The van der Waals surface area contributed by atoms with E-state index < -0.39 is 5.82 Å². The molecule has 33 heavy (non-hydrogen) atoms. The highest BCUT2D eigenvalue weighted by molar-refractivity contribution is 6.31. The number of para-hydroxylation sites is 1. The van der Waals surface area contributed by atoms with E-state index in [1.807, 2.05) is 44.2 Å². The van der Waals surface area contributed by atoms with Gasteiger partial charge in [-0.2, -0.15) is 5.10 Å². The normalized spacial score (nSPS) is 10.8. The number of hydrogen-bond donors (Lipinski definition) is 1. The van der Waals surface area contributed by atoms with Crippen LogP contribution in [0.25, 0.3) is 0 Å². The van der Waals surface area contributed by atoms with Crippen LogP contribution in [0, 0.1) is 19.7 Å². The van der Waals surface area contributed by atoms with Gasteiger partial charge < -0.3 is 10.1 Å². The lowest BCUT2D eigenvalue weighted by Gasteiger charge is -2.12. The van der Waals surface area contributed by atoms with Gasteiger partial charge in [0.1, 0.15) is 18.2 Å². The van der Waals surface area contributed by atoms with Crippen LogP contribution in [-0.2, 0) is 13.2 Å². The number of halogens is 2. The average Bonchev–Trinajstić information content (AvgIpc) is 3.23. The molecule has 0 saturated carbocycles. The van der Waals surface area contributed by atoms with Gasteiger partial charge in [-0.1, -0.05) is 48.0 Å². The lowest BCUT2D eigenvalue weighted by Crippen LogP contribution is -2.13. The van der Waals surface area contributed by atoms with E-state index >= 15 is 0 Å². The minimum absolute atomic E-state index is 0.163. The van der Waals surface area contributed by atoms with Gasteiger partial charge in [-0.25, -0.2) is 4.39 Å². The van der Waals surface area contributed by atoms with Crippen LogP contribution in [0.15, 0.2) is 72.9 Å². The van der Waals surface area contributed by atoms with E-state index in [2.05, 4.69) is 10.4 Å². The van der Waals surface area contributed by atoms with E-state index in [-0.39, 0.29) is 12.5 Å². The Balaban J connectivity index is 1.36. The number of benzene rings is 3. The zero-order valence-corrected chi connectivity index (χ0v) is 19.1. The van der Waals surface area contributed by atoms with E-state index in [9.17, 15) is 9.18 Å². The molecule has 0 spiro atoms. The van der Waals surface area contributed by atoms with Crippen molar-refractivity contribution in [3.8, 4) is 5.75 Å².